The van der Waals surface area contributed by atoms with E-state index in [0.29, 0.717) is 5.82 Å². The van der Waals surface area contributed by atoms with Crippen LogP contribution in [0.15, 0.2) is 0 Å². The number of aromatic nitrogens is 2. The molecule has 0 aromatic carbocycles. The van der Waals surface area contributed by atoms with Crippen LogP contribution >= 0.6 is 0 Å². The summed E-state index contributed by atoms with van der Waals surface area (Å²) in [6, 6.07) is 0. The third-order valence-corrected chi connectivity index (χ3v) is 2.47. The highest BCUT2D eigenvalue weighted by atomic mass is 15.3. The Labute approximate surface area is 72.0 Å². The monoisotopic (exact) mass is 166 g/mol. The lowest BCUT2D eigenvalue weighted by Gasteiger charge is -2.22. The smallest absolute Gasteiger partial charge is 0.149 e. The highest BCUT2D eigenvalue weighted by Gasteiger charge is 2.19. The van der Waals surface area contributed by atoms with Gasteiger partial charge in [-0.05, 0) is 13.5 Å². The largest absolute Gasteiger partial charge is 0.382 e. The van der Waals surface area contributed by atoms with Gasteiger partial charge in [-0.3, -0.25) is 4.68 Å². The van der Waals surface area contributed by atoms with Gasteiger partial charge in [-0.2, -0.15) is 5.10 Å². The van der Waals surface area contributed by atoms with Crippen molar-refractivity contribution >= 4 is 5.82 Å². The highest BCUT2D eigenvalue weighted by Crippen LogP contribution is 2.21. The molecule has 66 valence electrons. The highest BCUT2D eigenvalue weighted by molar-refractivity contribution is 5.43. The second-order valence-electron chi connectivity index (χ2n) is 3.42. The summed E-state index contributed by atoms with van der Waals surface area (Å²) in [5.74, 6) is 0.709. The summed E-state index contributed by atoms with van der Waals surface area (Å²) in [7, 11) is 4.07. The van der Waals surface area contributed by atoms with Crippen molar-refractivity contribution in [1.29, 1.82) is 0 Å². The van der Waals surface area contributed by atoms with E-state index in [2.05, 4.69) is 17.0 Å². The van der Waals surface area contributed by atoms with Gasteiger partial charge in [0.25, 0.3) is 0 Å². The fourth-order valence-electron chi connectivity index (χ4n) is 1.73. The molecule has 1 aromatic rings. The normalized spacial score (nSPS) is 17.8. The molecule has 0 amide bonds. The maximum absolute atomic E-state index is 5.76. The van der Waals surface area contributed by atoms with Crippen LogP contribution in [0, 0.1) is 0 Å². The van der Waals surface area contributed by atoms with Gasteiger partial charge < -0.3 is 10.6 Å². The molecule has 1 aliphatic rings. The van der Waals surface area contributed by atoms with Crippen LogP contribution in [0.2, 0.25) is 0 Å². The number of hydrogen-bond donors (Lipinski definition) is 1. The first-order chi connectivity index (χ1) is 5.68. The third-order valence-electron chi connectivity index (χ3n) is 2.47. The number of nitrogen functional groups attached to an aromatic ring is 1. The minimum Gasteiger partial charge on any atom is -0.382 e. The van der Waals surface area contributed by atoms with Crippen molar-refractivity contribution in [2.24, 2.45) is 7.05 Å². The number of nitrogens with two attached hydrogens (primary N) is 1. The molecule has 0 radical (unpaired) electrons. The molecule has 4 nitrogen and oxygen atoms in total. The number of nitrogens with zero attached hydrogens (tertiary/aromatic N) is 3. The lowest BCUT2D eigenvalue weighted by molar-refractivity contribution is 0.303. The van der Waals surface area contributed by atoms with Crippen LogP contribution < -0.4 is 5.73 Å². The zero-order valence-corrected chi connectivity index (χ0v) is 7.54. The van der Waals surface area contributed by atoms with E-state index in [0.717, 1.165) is 19.5 Å². The molecule has 0 bridgehead atoms. The fraction of sp³-hybridized carbons (Fsp3) is 0.625. The molecule has 2 rings (SSSR count). The number of hydrogen-bond acceptors (Lipinski definition) is 3. The van der Waals surface area contributed by atoms with Gasteiger partial charge in [0.05, 0.1) is 5.69 Å². The zero-order chi connectivity index (χ0) is 8.72. The average Bonchev–Trinajstić information content (AvgIpc) is 2.28. The Bertz CT molecular complexity index is 302. The van der Waals surface area contributed by atoms with E-state index in [1.54, 1.807) is 0 Å². The minimum atomic E-state index is 0.709. The molecule has 2 N–H and O–H groups in total. The van der Waals surface area contributed by atoms with Crippen LogP contribution in [0.1, 0.15) is 11.3 Å². The van der Waals surface area contributed by atoms with E-state index in [9.17, 15) is 0 Å². The van der Waals surface area contributed by atoms with Crippen LogP contribution in [0.4, 0.5) is 5.82 Å². The summed E-state index contributed by atoms with van der Waals surface area (Å²) in [5, 5.41) is 4.19. The molecule has 1 aromatic heterocycles. The van der Waals surface area contributed by atoms with E-state index in [-0.39, 0.29) is 0 Å². The first-order valence-electron chi connectivity index (χ1n) is 4.17. The van der Waals surface area contributed by atoms with E-state index >= 15 is 0 Å². The van der Waals surface area contributed by atoms with E-state index in [4.69, 9.17) is 5.73 Å². The number of anilines is 1. The molecule has 0 spiro atoms. The Morgan fingerprint density at radius 2 is 2.17 bits per heavy atom. The van der Waals surface area contributed by atoms with Crippen LogP contribution in [0.25, 0.3) is 0 Å². The maximum atomic E-state index is 5.76. The Morgan fingerprint density at radius 3 is 2.92 bits per heavy atom. The van der Waals surface area contributed by atoms with Crippen LogP contribution in [-0.2, 0) is 20.0 Å². The Hall–Kier alpha value is -1.03. The molecule has 2 heterocycles. The quantitative estimate of drug-likeness (QED) is 0.589. The van der Waals surface area contributed by atoms with Gasteiger partial charge in [-0.15, -0.1) is 0 Å². The Kier molecular flexibility index (Phi) is 1.58. The first-order valence-corrected chi connectivity index (χ1v) is 4.17. The summed E-state index contributed by atoms with van der Waals surface area (Å²) >= 11 is 0. The molecule has 0 saturated heterocycles. The third kappa shape index (κ3) is 0.992. The minimum absolute atomic E-state index is 0.709. The second kappa shape index (κ2) is 2.48. The molecule has 0 atom stereocenters. The molecule has 0 aliphatic carbocycles. The van der Waals surface area contributed by atoms with Crippen molar-refractivity contribution in [3.63, 3.8) is 0 Å². The SMILES string of the molecule is CN1CCc2c(N)nn(C)c2C1. The van der Waals surface area contributed by atoms with Gasteiger partial charge in [-0.25, -0.2) is 0 Å². The molecular formula is C8H14N4. The zero-order valence-electron chi connectivity index (χ0n) is 7.54. The van der Waals surface area contributed by atoms with Crippen LogP contribution in [0.3, 0.4) is 0 Å². The maximum Gasteiger partial charge on any atom is 0.149 e. The van der Waals surface area contributed by atoms with Gasteiger partial charge >= 0.3 is 0 Å². The summed E-state index contributed by atoms with van der Waals surface area (Å²) in [4.78, 5) is 2.28. The Balaban J connectivity index is 2.45. The fourth-order valence-corrected chi connectivity index (χ4v) is 1.73. The number of rotatable bonds is 0. The predicted molar refractivity (Wildman–Crippen MR) is 47.7 cm³/mol. The number of aryl methyl sites for hydroxylation is 1. The lowest BCUT2D eigenvalue weighted by Crippen LogP contribution is -2.27. The van der Waals surface area contributed by atoms with E-state index < -0.39 is 0 Å². The molecule has 0 fully saturated rings. The van der Waals surface area contributed by atoms with Crippen LogP contribution in [0.5, 0.6) is 0 Å². The van der Waals surface area contributed by atoms with Crippen molar-refractivity contribution in [3.05, 3.63) is 11.3 Å². The topological polar surface area (TPSA) is 47.1 Å². The molecule has 4 heteroatoms. The molecule has 0 unspecified atom stereocenters. The summed E-state index contributed by atoms with van der Waals surface area (Å²) in [5.41, 5.74) is 8.27. The predicted octanol–water partition coefficient (Wildman–Crippen LogP) is -0.00980. The molecule has 12 heavy (non-hydrogen) atoms. The van der Waals surface area contributed by atoms with Gasteiger partial charge in [0.15, 0.2) is 0 Å². The van der Waals surface area contributed by atoms with E-state index in [1.807, 2.05) is 11.7 Å². The van der Waals surface area contributed by atoms with Crippen LogP contribution in [-0.4, -0.2) is 28.3 Å². The summed E-state index contributed by atoms with van der Waals surface area (Å²) in [6.45, 7) is 2.05. The number of likely N-dealkylation sites (N-methyl/N-ethyl adjacent to an activating group) is 1. The standard InChI is InChI=1S/C8H14N4/c1-11-4-3-6-7(5-11)12(2)10-8(6)9/h3-5H2,1-2H3,(H2,9,10). The molecule has 0 saturated carbocycles. The van der Waals surface area contributed by atoms with Gasteiger partial charge in [-0.1, -0.05) is 0 Å². The lowest BCUT2D eigenvalue weighted by atomic mass is 10.1. The van der Waals surface area contributed by atoms with Crippen molar-refractivity contribution in [3.8, 4) is 0 Å². The second-order valence-corrected chi connectivity index (χ2v) is 3.42. The van der Waals surface area contributed by atoms with Gasteiger partial charge in [0.1, 0.15) is 5.82 Å². The van der Waals surface area contributed by atoms with Gasteiger partial charge in [0, 0.05) is 25.7 Å². The summed E-state index contributed by atoms with van der Waals surface area (Å²) < 4.78 is 1.89. The van der Waals surface area contributed by atoms with Gasteiger partial charge in [0.2, 0.25) is 0 Å². The van der Waals surface area contributed by atoms with Crippen molar-refractivity contribution < 1.29 is 0 Å². The Morgan fingerprint density at radius 1 is 1.42 bits per heavy atom. The average molecular weight is 166 g/mol. The van der Waals surface area contributed by atoms with E-state index in [1.165, 1.54) is 11.3 Å². The van der Waals surface area contributed by atoms with Crippen molar-refractivity contribution in [1.82, 2.24) is 14.7 Å². The molecule has 1 aliphatic heterocycles. The number of fused-ring (bicyclic) bond motifs is 1. The first kappa shape index (κ1) is 7.61. The molecular weight excluding hydrogens is 152 g/mol. The van der Waals surface area contributed by atoms with Crippen molar-refractivity contribution in [2.45, 2.75) is 13.0 Å². The summed E-state index contributed by atoms with van der Waals surface area (Å²) in [6.07, 6.45) is 1.03. The van der Waals surface area contributed by atoms with Crippen molar-refractivity contribution in [2.75, 3.05) is 19.3 Å².